The molecule has 332 valence electrons. The highest BCUT2D eigenvalue weighted by molar-refractivity contribution is 6.16. The molecule has 9 aromatic rings. The monoisotopic (exact) mass is 866 g/mol. The standard InChI is InChI=1S/C61H63N5/c1-34(2)42-28-43(57-63-61(14)52-22-18-36(4)39(7)51(52)33-60(61,13)66(57)56-40(8)37(5)27-38(6)41(56)9)30-46(29-42)64-53-23-17-35(3)26-49(53)47-21-20-45(32-55(47)64)65-54-24-19-44(59(10,11)12)31-50(54)48-16-15-25-62-58(48)65/h15-32,34H,33H2,1-14H3/t60-,61+/m0/s1. The largest absolute Gasteiger partial charge is 0.317 e. The van der Waals surface area contributed by atoms with E-state index in [1.54, 1.807) is 0 Å². The van der Waals surface area contributed by atoms with Crippen molar-refractivity contribution in [3.05, 3.63) is 176 Å². The average molecular weight is 866 g/mol. The first-order chi connectivity index (χ1) is 31.3. The number of aromatic nitrogens is 3. The molecule has 11 rings (SSSR count). The molecular weight excluding hydrogens is 803 g/mol. The Bertz CT molecular complexity index is 3560. The minimum atomic E-state index is -0.468. The summed E-state index contributed by atoms with van der Waals surface area (Å²) < 4.78 is 4.88. The molecule has 2 atom stereocenters. The van der Waals surface area contributed by atoms with E-state index in [2.05, 4.69) is 214 Å². The Labute approximate surface area is 390 Å². The normalized spacial score (nSPS) is 18.4. The van der Waals surface area contributed by atoms with Crippen LogP contribution in [0.3, 0.4) is 0 Å². The topological polar surface area (TPSA) is 38.4 Å². The van der Waals surface area contributed by atoms with Gasteiger partial charge in [-0.15, -0.1) is 0 Å². The number of benzene rings is 6. The van der Waals surface area contributed by atoms with Crippen LogP contribution in [-0.4, -0.2) is 25.5 Å². The smallest absolute Gasteiger partial charge is 0.145 e. The van der Waals surface area contributed by atoms with Crippen LogP contribution in [0.4, 0.5) is 5.69 Å². The van der Waals surface area contributed by atoms with Crippen LogP contribution >= 0.6 is 0 Å². The van der Waals surface area contributed by atoms with Crippen LogP contribution in [0.2, 0.25) is 0 Å². The van der Waals surface area contributed by atoms with E-state index in [-0.39, 0.29) is 16.9 Å². The molecule has 5 nitrogen and oxygen atoms in total. The summed E-state index contributed by atoms with van der Waals surface area (Å²) in [6.45, 7) is 32.3. The highest BCUT2D eigenvalue weighted by Gasteiger charge is 2.61. The van der Waals surface area contributed by atoms with Crippen molar-refractivity contribution in [3.63, 3.8) is 0 Å². The molecule has 0 N–H and O–H groups in total. The Kier molecular flexibility index (Phi) is 9.12. The zero-order chi connectivity index (χ0) is 46.5. The Morgan fingerprint density at radius 1 is 0.606 bits per heavy atom. The summed E-state index contributed by atoms with van der Waals surface area (Å²) in [5.74, 6) is 1.33. The molecule has 0 unspecified atom stereocenters. The van der Waals surface area contributed by atoms with E-state index in [9.17, 15) is 0 Å². The molecule has 0 amide bonds. The second kappa shape index (κ2) is 14.3. The molecule has 0 bridgehead atoms. The maximum Gasteiger partial charge on any atom is 0.145 e. The van der Waals surface area contributed by atoms with Gasteiger partial charge in [0.25, 0.3) is 0 Å². The van der Waals surface area contributed by atoms with Crippen molar-refractivity contribution in [1.82, 2.24) is 14.1 Å². The van der Waals surface area contributed by atoms with Gasteiger partial charge in [0.05, 0.1) is 22.1 Å². The second-order valence-electron chi connectivity index (χ2n) is 21.7. The molecule has 2 aliphatic rings. The van der Waals surface area contributed by atoms with Gasteiger partial charge in [-0.05, 0) is 202 Å². The van der Waals surface area contributed by atoms with E-state index < -0.39 is 5.54 Å². The Morgan fingerprint density at radius 3 is 2.05 bits per heavy atom. The average Bonchev–Trinajstić information content (AvgIpc) is 3.93. The van der Waals surface area contributed by atoms with Crippen LogP contribution in [0.15, 0.2) is 114 Å². The first kappa shape index (κ1) is 42.2. The van der Waals surface area contributed by atoms with Crippen LogP contribution in [0.1, 0.15) is 121 Å². The molecule has 4 heterocycles. The highest BCUT2D eigenvalue weighted by atomic mass is 15.4. The van der Waals surface area contributed by atoms with Gasteiger partial charge in [-0.2, -0.15) is 0 Å². The molecule has 66 heavy (non-hydrogen) atoms. The highest BCUT2D eigenvalue weighted by Crippen LogP contribution is 2.58. The third-order valence-corrected chi connectivity index (χ3v) is 16.2. The fourth-order valence-corrected chi connectivity index (χ4v) is 11.8. The van der Waals surface area contributed by atoms with Crippen molar-refractivity contribution < 1.29 is 0 Å². The summed E-state index contributed by atoms with van der Waals surface area (Å²) in [6.07, 6.45) is 2.84. The van der Waals surface area contributed by atoms with E-state index in [1.165, 1.54) is 99.5 Å². The van der Waals surface area contributed by atoms with Gasteiger partial charge in [-0.25, -0.2) is 4.98 Å². The molecule has 6 aromatic carbocycles. The lowest BCUT2D eigenvalue weighted by molar-refractivity contribution is 0.321. The SMILES string of the molecule is Cc1ccc2c(c1)c1ccc(-n3c4ccc(C(C)(C)C)cc4c4cccnc43)cc1n2-c1cc(C2=N[C@]3(C)c4ccc(C)c(C)c4C[C@]3(C)N2c2c(C)c(C)cc(C)c2C)cc(C(C)C)c1. The summed E-state index contributed by atoms with van der Waals surface area (Å²) >= 11 is 0. The van der Waals surface area contributed by atoms with Crippen LogP contribution in [0.5, 0.6) is 0 Å². The lowest BCUT2D eigenvalue weighted by atomic mass is 9.79. The predicted octanol–water partition coefficient (Wildman–Crippen LogP) is 15.4. The zero-order valence-corrected chi connectivity index (χ0v) is 41.4. The minimum absolute atomic E-state index is 0.0286. The van der Waals surface area contributed by atoms with Crippen molar-refractivity contribution in [2.45, 2.75) is 126 Å². The Hall–Kier alpha value is -6.46. The third kappa shape index (κ3) is 5.84. The number of aryl methyl sites for hydroxylation is 4. The van der Waals surface area contributed by atoms with Gasteiger partial charge in [0.2, 0.25) is 0 Å². The molecule has 0 radical (unpaired) electrons. The van der Waals surface area contributed by atoms with Crippen molar-refractivity contribution in [2.75, 3.05) is 4.90 Å². The fourth-order valence-electron chi connectivity index (χ4n) is 11.8. The molecular formula is C61H63N5. The molecule has 0 spiro atoms. The molecule has 0 fully saturated rings. The molecule has 1 aliphatic heterocycles. The van der Waals surface area contributed by atoms with Gasteiger partial charge in [-0.1, -0.05) is 76.6 Å². The van der Waals surface area contributed by atoms with Gasteiger partial charge in [-0.3, -0.25) is 9.56 Å². The number of aliphatic imine (C=N–C) groups is 1. The Balaban J connectivity index is 1.19. The van der Waals surface area contributed by atoms with Crippen LogP contribution in [0, 0.1) is 48.5 Å². The summed E-state index contributed by atoms with van der Waals surface area (Å²) in [5.41, 5.74) is 23.1. The van der Waals surface area contributed by atoms with Gasteiger partial charge in [0.1, 0.15) is 17.0 Å². The molecule has 5 heteroatoms. The number of rotatable bonds is 5. The number of anilines is 1. The van der Waals surface area contributed by atoms with E-state index in [0.717, 1.165) is 40.4 Å². The van der Waals surface area contributed by atoms with Gasteiger partial charge in [0, 0.05) is 50.4 Å². The fraction of sp³-hybridized carbons (Fsp3) is 0.311. The molecule has 3 aromatic heterocycles. The van der Waals surface area contributed by atoms with E-state index in [0.29, 0.717) is 0 Å². The first-order valence-electron chi connectivity index (χ1n) is 24.0. The number of hydrogen-bond acceptors (Lipinski definition) is 3. The van der Waals surface area contributed by atoms with Crippen molar-refractivity contribution in [2.24, 2.45) is 4.99 Å². The van der Waals surface area contributed by atoms with Crippen molar-refractivity contribution >= 4 is 55.3 Å². The van der Waals surface area contributed by atoms with Crippen molar-refractivity contribution in [1.29, 1.82) is 0 Å². The minimum Gasteiger partial charge on any atom is -0.317 e. The predicted molar refractivity (Wildman–Crippen MR) is 280 cm³/mol. The number of nitrogens with zero attached hydrogens (tertiary/aromatic N) is 5. The molecule has 1 aliphatic carbocycles. The summed E-state index contributed by atoms with van der Waals surface area (Å²) in [5, 5.41) is 4.88. The van der Waals surface area contributed by atoms with Gasteiger partial charge in [0.15, 0.2) is 0 Å². The maximum atomic E-state index is 6.04. The van der Waals surface area contributed by atoms with Crippen LogP contribution in [-0.2, 0) is 17.4 Å². The molecule has 0 saturated heterocycles. The van der Waals surface area contributed by atoms with E-state index >= 15 is 0 Å². The number of hydrogen-bond donors (Lipinski definition) is 0. The molecule has 0 saturated carbocycles. The van der Waals surface area contributed by atoms with E-state index in [1.807, 2.05) is 6.20 Å². The van der Waals surface area contributed by atoms with Gasteiger partial charge >= 0.3 is 0 Å². The quantitative estimate of drug-likeness (QED) is 0.173. The van der Waals surface area contributed by atoms with E-state index in [4.69, 9.17) is 9.98 Å². The maximum absolute atomic E-state index is 6.04. The van der Waals surface area contributed by atoms with Crippen molar-refractivity contribution in [3.8, 4) is 11.4 Å². The number of pyridine rings is 1. The Morgan fingerprint density at radius 2 is 1.32 bits per heavy atom. The van der Waals surface area contributed by atoms with Crippen LogP contribution < -0.4 is 4.90 Å². The lowest BCUT2D eigenvalue weighted by Gasteiger charge is -2.43. The lowest BCUT2D eigenvalue weighted by Crippen LogP contribution is -2.54. The summed E-state index contributed by atoms with van der Waals surface area (Å²) in [7, 11) is 0. The number of amidine groups is 1. The third-order valence-electron chi connectivity index (χ3n) is 16.2. The second-order valence-corrected chi connectivity index (χ2v) is 21.7. The zero-order valence-electron chi connectivity index (χ0n) is 41.4. The van der Waals surface area contributed by atoms with Gasteiger partial charge < -0.3 is 9.47 Å². The first-order valence-corrected chi connectivity index (χ1v) is 24.0. The van der Waals surface area contributed by atoms with Crippen LogP contribution in [0.25, 0.3) is 55.1 Å². The summed E-state index contributed by atoms with van der Waals surface area (Å²) in [4.78, 5) is 13.8. The number of fused-ring (bicyclic) bond motifs is 9. The summed E-state index contributed by atoms with van der Waals surface area (Å²) in [6, 6.07) is 39.5.